The molecule has 4 nitrogen and oxygen atoms in total. The van der Waals surface area contributed by atoms with Gasteiger partial charge in [-0.3, -0.25) is 9.78 Å². The minimum absolute atomic E-state index is 0.0623. The fourth-order valence-corrected chi connectivity index (χ4v) is 1.45. The van der Waals surface area contributed by atoms with Gasteiger partial charge in [0.1, 0.15) is 5.75 Å². The molecule has 15 heavy (non-hydrogen) atoms. The van der Waals surface area contributed by atoms with Crippen LogP contribution in [0.3, 0.4) is 0 Å². The number of hydrogen-bond acceptors (Lipinski definition) is 3. The van der Waals surface area contributed by atoms with Crippen LogP contribution in [0.25, 0.3) is 0 Å². The van der Waals surface area contributed by atoms with E-state index in [-0.39, 0.29) is 12.3 Å². The molecule has 0 spiro atoms. The van der Waals surface area contributed by atoms with Crippen LogP contribution in [0.1, 0.15) is 30.7 Å². The average molecular weight is 209 g/mol. The van der Waals surface area contributed by atoms with E-state index in [9.17, 15) is 4.79 Å². The Morgan fingerprint density at radius 1 is 1.60 bits per heavy atom. The first-order chi connectivity index (χ1) is 7.04. The maximum atomic E-state index is 10.6. The van der Waals surface area contributed by atoms with E-state index >= 15 is 0 Å². The lowest BCUT2D eigenvalue weighted by molar-refractivity contribution is -0.137. The van der Waals surface area contributed by atoms with Crippen LogP contribution in [0.5, 0.6) is 5.75 Å². The minimum atomic E-state index is -0.826. The van der Waals surface area contributed by atoms with E-state index in [1.165, 1.54) is 0 Å². The van der Waals surface area contributed by atoms with E-state index in [1.54, 1.807) is 7.11 Å². The molecular weight excluding hydrogens is 194 g/mol. The van der Waals surface area contributed by atoms with Crippen molar-refractivity contribution in [1.82, 2.24) is 4.98 Å². The smallest absolute Gasteiger partial charge is 0.304 e. The molecule has 1 unspecified atom stereocenters. The Labute approximate surface area is 88.9 Å². The summed E-state index contributed by atoms with van der Waals surface area (Å²) in [4.78, 5) is 14.9. The monoisotopic (exact) mass is 209 g/mol. The highest BCUT2D eigenvalue weighted by atomic mass is 16.5. The Balaban J connectivity index is 2.99. The van der Waals surface area contributed by atoms with Crippen LogP contribution in [0.2, 0.25) is 0 Å². The zero-order valence-corrected chi connectivity index (χ0v) is 9.15. The van der Waals surface area contributed by atoms with E-state index in [1.807, 2.05) is 26.0 Å². The van der Waals surface area contributed by atoms with Gasteiger partial charge >= 0.3 is 5.97 Å². The molecule has 0 fully saturated rings. The van der Waals surface area contributed by atoms with E-state index < -0.39 is 5.97 Å². The van der Waals surface area contributed by atoms with Gasteiger partial charge in [-0.25, -0.2) is 0 Å². The summed E-state index contributed by atoms with van der Waals surface area (Å²) in [5.74, 6) is -0.320. The topological polar surface area (TPSA) is 59.4 Å². The van der Waals surface area contributed by atoms with Crippen LogP contribution in [0.15, 0.2) is 12.1 Å². The number of methoxy groups -OCH3 is 1. The van der Waals surface area contributed by atoms with E-state index in [4.69, 9.17) is 9.84 Å². The Kier molecular flexibility index (Phi) is 3.66. The first kappa shape index (κ1) is 11.5. The van der Waals surface area contributed by atoms with E-state index in [0.717, 1.165) is 5.69 Å². The molecule has 1 rings (SSSR count). The third-order valence-electron chi connectivity index (χ3n) is 2.19. The zero-order chi connectivity index (χ0) is 11.4. The van der Waals surface area contributed by atoms with Crippen molar-refractivity contribution in [3.63, 3.8) is 0 Å². The van der Waals surface area contributed by atoms with E-state index in [2.05, 4.69) is 4.98 Å². The van der Waals surface area contributed by atoms with Crippen molar-refractivity contribution >= 4 is 5.97 Å². The number of hydrogen-bond donors (Lipinski definition) is 1. The second-order valence-corrected chi connectivity index (χ2v) is 3.54. The number of ether oxygens (including phenoxy) is 1. The summed E-state index contributed by atoms with van der Waals surface area (Å²) in [6.07, 6.45) is 0.0623. The molecule has 0 radical (unpaired) electrons. The Hall–Kier alpha value is -1.58. The number of aromatic nitrogens is 1. The quantitative estimate of drug-likeness (QED) is 0.823. The van der Waals surface area contributed by atoms with Crippen LogP contribution < -0.4 is 4.74 Å². The highest BCUT2D eigenvalue weighted by molar-refractivity contribution is 5.68. The van der Waals surface area contributed by atoms with Crippen molar-refractivity contribution in [3.05, 3.63) is 23.5 Å². The number of nitrogens with zero attached hydrogens (tertiary/aromatic N) is 1. The number of aliphatic carboxylic acids is 1. The highest BCUT2D eigenvalue weighted by Crippen LogP contribution is 2.26. The summed E-state index contributed by atoms with van der Waals surface area (Å²) < 4.78 is 5.15. The number of carboxylic acids is 1. The Morgan fingerprint density at radius 3 is 2.80 bits per heavy atom. The number of pyridine rings is 1. The van der Waals surface area contributed by atoms with Gasteiger partial charge in [0.2, 0.25) is 0 Å². The number of aryl methyl sites for hydroxylation is 1. The highest BCUT2D eigenvalue weighted by Gasteiger charge is 2.16. The molecule has 0 aliphatic heterocycles. The SMILES string of the molecule is COc1ccc(C)nc1C(C)CC(=O)O. The molecule has 1 aromatic rings. The van der Waals surface area contributed by atoms with Gasteiger partial charge < -0.3 is 9.84 Å². The van der Waals surface area contributed by atoms with Crippen molar-refractivity contribution in [3.8, 4) is 5.75 Å². The first-order valence-corrected chi connectivity index (χ1v) is 4.78. The molecule has 82 valence electrons. The normalized spacial score (nSPS) is 12.2. The van der Waals surface area contributed by atoms with Crippen LogP contribution in [0.4, 0.5) is 0 Å². The predicted octanol–water partition coefficient (Wildman–Crippen LogP) is 1.98. The Morgan fingerprint density at radius 2 is 2.27 bits per heavy atom. The molecule has 1 N–H and O–H groups in total. The molecule has 1 aromatic heterocycles. The average Bonchev–Trinajstić information content (AvgIpc) is 2.16. The maximum absolute atomic E-state index is 10.6. The number of carboxylic acid groups (broad SMARTS) is 1. The first-order valence-electron chi connectivity index (χ1n) is 4.78. The van der Waals surface area contributed by atoms with Gasteiger partial charge in [0.05, 0.1) is 19.2 Å². The third-order valence-corrected chi connectivity index (χ3v) is 2.19. The van der Waals surface area contributed by atoms with Gasteiger partial charge in [-0.1, -0.05) is 6.92 Å². The molecule has 0 bridgehead atoms. The van der Waals surface area contributed by atoms with Gasteiger partial charge in [0.25, 0.3) is 0 Å². The Bertz CT molecular complexity index is 363. The molecule has 0 aliphatic carbocycles. The molecule has 4 heteroatoms. The lowest BCUT2D eigenvalue weighted by Crippen LogP contribution is -2.07. The summed E-state index contributed by atoms with van der Waals surface area (Å²) in [6, 6.07) is 3.66. The van der Waals surface area contributed by atoms with Gasteiger partial charge in [0.15, 0.2) is 0 Å². The second-order valence-electron chi connectivity index (χ2n) is 3.54. The minimum Gasteiger partial charge on any atom is -0.495 e. The molecule has 0 saturated carbocycles. The summed E-state index contributed by atoms with van der Waals surface area (Å²) in [5.41, 5.74) is 1.57. The number of rotatable bonds is 4. The maximum Gasteiger partial charge on any atom is 0.304 e. The van der Waals surface area contributed by atoms with Gasteiger partial charge in [-0.05, 0) is 19.1 Å². The molecule has 0 amide bonds. The van der Waals surface area contributed by atoms with Crippen LogP contribution in [-0.2, 0) is 4.79 Å². The van der Waals surface area contributed by atoms with Crippen molar-refractivity contribution in [2.75, 3.05) is 7.11 Å². The molecule has 1 heterocycles. The van der Waals surface area contributed by atoms with Crippen LogP contribution in [0, 0.1) is 6.92 Å². The largest absolute Gasteiger partial charge is 0.495 e. The van der Waals surface area contributed by atoms with Crippen LogP contribution in [-0.4, -0.2) is 23.2 Å². The molecular formula is C11H15NO3. The fourth-order valence-electron chi connectivity index (χ4n) is 1.45. The van der Waals surface area contributed by atoms with Gasteiger partial charge in [0, 0.05) is 11.6 Å². The predicted molar refractivity (Wildman–Crippen MR) is 56.2 cm³/mol. The van der Waals surface area contributed by atoms with Crippen molar-refractivity contribution in [2.45, 2.75) is 26.2 Å². The summed E-state index contributed by atoms with van der Waals surface area (Å²) in [6.45, 7) is 3.70. The van der Waals surface area contributed by atoms with Crippen molar-refractivity contribution in [1.29, 1.82) is 0 Å². The summed E-state index contributed by atoms with van der Waals surface area (Å²) >= 11 is 0. The molecule has 0 aliphatic rings. The molecule has 0 saturated heterocycles. The third kappa shape index (κ3) is 2.94. The van der Waals surface area contributed by atoms with Crippen LogP contribution >= 0.6 is 0 Å². The van der Waals surface area contributed by atoms with Gasteiger partial charge in [-0.2, -0.15) is 0 Å². The summed E-state index contributed by atoms with van der Waals surface area (Å²) in [7, 11) is 1.56. The standard InChI is InChI=1S/C11H15NO3/c1-7(6-10(13)14)11-9(15-3)5-4-8(2)12-11/h4-5,7H,6H2,1-3H3,(H,13,14). The second kappa shape index (κ2) is 4.77. The molecule has 1 atom stereocenters. The van der Waals surface area contributed by atoms with Gasteiger partial charge in [-0.15, -0.1) is 0 Å². The lowest BCUT2D eigenvalue weighted by Gasteiger charge is -2.13. The lowest BCUT2D eigenvalue weighted by atomic mass is 10.0. The van der Waals surface area contributed by atoms with Crippen molar-refractivity contribution in [2.24, 2.45) is 0 Å². The summed E-state index contributed by atoms with van der Waals surface area (Å²) in [5, 5.41) is 8.71. The van der Waals surface area contributed by atoms with E-state index in [0.29, 0.717) is 11.4 Å². The van der Waals surface area contributed by atoms with Crippen molar-refractivity contribution < 1.29 is 14.6 Å². The fraction of sp³-hybridized carbons (Fsp3) is 0.455. The molecule has 0 aromatic carbocycles. The number of carbonyl (C=O) groups is 1. The zero-order valence-electron chi connectivity index (χ0n) is 9.15.